The van der Waals surface area contributed by atoms with Gasteiger partial charge in [0.15, 0.2) is 11.7 Å². The number of carboxylic acids is 1. The zero-order valence-corrected chi connectivity index (χ0v) is 26.7. The number of rotatable bonds is 9. The van der Waals surface area contributed by atoms with Gasteiger partial charge in [-0.1, -0.05) is 17.7 Å². The van der Waals surface area contributed by atoms with Crippen LogP contribution >= 0.6 is 11.6 Å². The summed E-state index contributed by atoms with van der Waals surface area (Å²) in [5, 5.41) is 11.6. The van der Waals surface area contributed by atoms with Crippen LogP contribution in [0.25, 0.3) is 11.1 Å². The molecule has 2 aromatic heterocycles. The summed E-state index contributed by atoms with van der Waals surface area (Å²) in [6.45, 7) is 1.45. The maximum absolute atomic E-state index is 13.7. The van der Waals surface area contributed by atoms with E-state index in [0.29, 0.717) is 33.7 Å². The molecule has 6 aromatic rings. The van der Waals surface area contributed by atoms with Gasteiger partial charge in [0, 0.05) is 23.4 Å². The topological polar surface area (TPSA) is 133 Å². The predicted octanol–water partition coefficient (Wildman–Crippen LogP) is 9.55. The molecule has 0 aliphatic carbocycles. The quantitative estimate of drug-likeness (QED) is 0.140. The molecule has 0 radical (unpaired) electrons. The van der Waals surface area contributed by atoms with Crippen molar-refractivity contribution in [1.29, 1.82) is 0 Å². The van der Waals surface area contributed by atoms with E-state index in [9.17, 15) is 31.5 Å². The Balaban J connectivity index is 0.000000201. The van der Waals surface area contributed by atoms with Crippen molar-refractivity contribution in [2.24, 2.45) is 0 Å². The molecule has 2 heterocycles. The van der Waals surface area contributed by atoms with E-state index in [2.05, 4.69) is 15.3 Å². The van der Waals surface area contributed by atoms with Crippen molar-refractivity contribution >= 4 is 40.3 Å². The monoisotopic (exact) mass is 727 g/mol. The first-order valence-corrected chi connectivity index (χ1v) is 14.9. The molecule has 0 spiro atoms. The van der Waals surface area contributed by atoms with E-state index in [4.69, 9.17) is 35.3 Å². The molecule has 10 nitrogen and oxygen atoms in total. The first-order chi connectivity index (χ1) is 24.2. The normalized spacial score (nSPS) is 11.6. The van der Waals surface area contributed by atoms with Gasteiger partial charge in [-0.3, -0.25) is 4.79 Å². The fourth-order valence-corrected chi connectivity index (χ4v) is 4.30. The zero-order chi connectivity index (χ0) is 36.7. The SMILES string of the molecule is CC(Oc1ccc(Oc2nc3ccc(Cl)cc3o2)cc1)C(=O)O.O=C(Nc1ccc(F)cc1F)c1cccnc1Oc1cccc(C(F)(F)F)c1. The van der Waals surface area contributed by atoms with Crippen LogP contribution < -0.4 is 19.5 Å². The van der Waals surface area contributed by atoms with Gasteiger partial charge in [-0.2, -0.15) is 18.2 Å². The van der Waals surface area contributed by atoms with E-state index in [-0.39, 0.29) is 29.0 Å². The summed E-state index contributed by atoms with van der Waals surface area (Å²) in [6, 6.07) is 20.9. The Kier molecular flexibility index (Phi) is 11.0. The third-order valence-electron chi connectivity index (χ3n) is 6.59. The number of fused-ring (bicyclic) bond motifs is 1. The second-order valence-corrected chi connectivity index (χ2v) is 10.8. The number of nitrogens with one attached hydrogen (secondary N) is 1. The van der Waals surface area contributed by atoms with Crippen molar-refractivity contribution in [3.8, 4) is 29.2 Å². The van der Waals surface area contributed by atoms with E-state index in [1.54, 1.807) is 42.5 Å². The van der Waals surface area contributed by atoms with Gasteiger partial charge in [-0.25, -0.2) is 18.6 Å². The molecular weight excluding hydrogens is 705 g/mol. The van der Waals surface area contributed by atoms with Crippen molar-refractivity contribution in [3.63, 3.8) is 0 Å². The Bertz CT molecular complexity index is 2180. The number of oxazole rings is 1. The standard InChI is InChI=1S/C19H11F5N2O2.C16H12ClNO5/c20-12-6-7-16(15(21)10-12)26-17(27)14-5-2-8-25-18(14)28-13-4-1-3-11(9-13)19(22,23)24;1-9(15(19)20)21-11-3-5-12(6-4-11)22-16-18-13-7-2-10(17)8-14(13)23-16/h1-10H,(H,26,27);2-9H,1H3,(H,19,20). The predicted molar refractivity (Wildman–Crippen MR) is 173 cm³/mol. The number of ether oxygens (including phenoxy) is 3. The van der Waals surface area contributed by atoms with Gasteiger partial charge in [0.2, 0.25) is 5.88 Å². The highest BCUT2D eigenvalue weighted by atomic mass is 35.5. The maximum atomic E-state index is 13.7. The summed E-state index contributed by atoms with van der Waals surface area (Å²) in [5.41, 5.74) is -0.188. The first kappa shape index (κ1) is 36.1. The summed E-state index contributed by atoms with van der Waals surface area (Å²) in [7, 11) is 0. The number of carbonyl (C=O) groups is 2. The van der Waals surface area contributed by atoms with Crippen LogP contribution in [0.1, 0.15) is 22.8 Å². The molecular formula is C35H23ClF5N3O7. The molecule has 0 aliphatic heterocycles. The van der Waals surface area contributed by atoms with Crippen LogP contribution in [0.15, 0.2) is 108 Å². The van der Waals surface area contributed by atoms with Crippen LogP contribution in [0.5, 0.6) is 29.2 Å². The molecule has 262 valence electrons. The van der Waals surface area contributed by atoms with Gasteiger partial charge < -0.3 is 29.1 Å². The minimum Gasteiger partial charge on any atom is -0.479 e. The highest BCUT2D eigenvalue weighted by Crippen LogP contribution is 2.33. The van der Waals surface area contributed by atoms with E-state index >= 15 is 0 Å². The minimum absolute atomic E-state index is 0.0924. The van der Waals surface area contributed by atoms with Gasteiger partial charge in [0.05, 0.1) is 11.3 Å². The number of hydrogen-bond acceptors (Lipinski definition) is 8. The number of aliphatic carboxylic acids is 1. The van der Waals surface area contributed by atoms with Gasteiger partial charge in [-0.05, 0) is 85.8 Å². The van der Waals surface area contributed by atoms with Crippen LogP contribution in [0.3, 0.4) is 0 Å². The number of halogens is 6. The van der Waals surface area contributed by atoms with E-state index < -0.39 is 41.4 Å². The Morgan fingerprint density at radius 1 is 0.882 bits per heavy atom. The van der Waals surface area contributed by atoms with Crippen molar-refractivity contribution in [2.45, 2.75) is 19.2 Å². The first-order valence-electron chi connectivity index (χ1n) is 14.5. The van der Waals surface area contributed by atoms with Crippen molar-refractivity contribution in [2.75, 3.05) is 5.32 Å². The van der Waals surface area contributed by atoms with Crippen molar-refractivity contribution in [3.05, 3.63) is 131 Å². The molecule has 1 amide bonds. The number of amides is 1. The summed E-state index contributed by atoms with van der Waals surface area (Å²) >= 11 is 5.88. The second-order valence-electron chi connectivity index (χ2n) is 10.3. The lowest BCUT2D eigenvalue weighted by Gasteiger charge is -2.12. The number of hydrogen-bond donors (Lipinski definition) is 2. The maximum Gasteiger partial charge on any atom is 0.416 e. The fourth-order valence-electron chi connectivity index (χ4n) is 4.14. The number of pyridine rings is 1. The van der Waals surface area contributed by atoms with Gasteiger partial charge >= 0.3 is 18.2 Å². The number of carbonyl (C=O) groups excluding carboxylic acids is 1. The van der Waals surface area contributed by atoms with Crippen LogP contribution in [0.2, 0.25) is 5.02 Å². The number of benzene rings is 4. The Hall–Kier alpha value is -6.22. The highest BCUT2D eigenvalue weighted by molar-refractivity contribution is 6.31. The molecule has 0 saturated heterocycles. The van der Waals surface area contributed by atoms with Crippen LogP contribution in [0, 0.1) is 11.6 Å². The molecule has 1 atom stereocenters. The molecule has 0 saturated carbocycles. The van der Waals surface area contributed by atoms with Gasteiger partial charge in [0.25, 0.3) is 5.91 Å². The summed E-state index contributed by atoms with van der Waals surface area (Å²) < 4.78 is 86.7. The highest BCUT2D eigenvalue weighted by Gasteiger charge is 2.31. The smallest absolute Gasteiger partial charge is 0.416 e. The summed E-state index contributed by atoms with van der Waals surface area (Å²) in [4.78, 5) is 31.2. The lowest BCUT2D eigenvalue weighted by atomic mass is 10.2. The third-order valence-corrected chi connectivity index (χ3v) is 6.83. The Morgan fingerprint density at radius 2 is 1.63 bits per heavy atom. The molecule has 6 rings (SSSR count). The zero-order valence-electron chi connectivity index (χ0n) is 26.0. The van der Waals surface area contributed by atoms with Crippen LogP contribution in [-0.2, 0) is 11.0 Å². The lowest BCUT2D eigenvalue weighted by molar-refractivity contribution is -0.144. The molecule has 1 unspecified atom stereocenters. The number of aromatic nitrogens is 2. The van der Waals surface area contributed by atoms with E-state index in [1.807, 2.05) is 0 Å². The third kappa shape index (κ3) is 9.70. The molecule has 0 bridgehead atoms. The summed E-state index contributed by atoms with van der Waals surface area (Å²) in [6.07, 6.45) is -4.12. The average molecular weight is 728 g/mol. The number of carboxylic acid groups (broad SMARTS) is 1. The Morgan fingerprint density at radius 3 is 2.33 bits per heavy atom. The largest absolute Gasteiger partial charge is 0.479 e. The number of nitrogens with zero attached hydrogens (tertiary/aromatic N) is 2. The molecule has 2 N–H and O–H groups in total. The molecule has 0 aliphatic rings. The Labute approximate surface area is 290 Å². The molecule has 4 aromatic carbocycles. The lowest BCUT2D eigenvalue weighted by Crippen LogP contribution is -2.22. The number of anilines is 1. The minimum atomic E-state index is -4.57. The molecule has 0 fully saturated rings. The van der Waals surface area contributed by atoms with Crippen molar-refractivity contribution < 1.29 is 55.3 Å². The summed E-state index contributed by atoms with van der Waals surface area (Å²) in [5.74, 6) is -3.22. The van der Waals surface area contributed by atoms with E-state index in [1.165, 1.54) is 31.3 Å². The van der Waals surface area contributed by atoms with Crippen LogP contribution in [0.4, 0.5) is 27.6 Å². The van der Waals surface area contributed by atoms with Gasteiger partial charge in [0.1, 0.15) is 40.0 Å². The van der Waals surface area contributed by atoms with Gasteiger partial charge in [-0.15, -0.1) is 0 Å². The molecule has 16 heteroatoms. The fraction of sp³-hybridized carbons (Fsp3) is 0.0857. The molecule has 51 heavy (non-hydrogen) atoms. The van der Waals surface area contributed by atoms with E-state index in [0.717, 1.165) is 30.3 Å². The van der Waals surface area contributed by atoms with Crippen molar-refractivity contribution in [1.82, 2.24) is 9.97 Å². The second kappa shape index (κ2) is 15.6. The van der Waals surface area contributed by atoms with Crippen LogP contribution in [-0.4, -0.2) is 33.1 Å². The average Bonchev–Trinajstić information content (AvgIpc) is 3.48. The number of alkyl halides is 3.